The zero-order valence-corrected chi connectivity index (χ0v) is 63.8. The first kappa shape index (κ1) is 89.3. The van der Waals surface area contributed by atoms with E-state index in [1.54, 1.807) is 67.5 Å². The molecule has 4 aliphatic heterocycles. The smallest absolute Gasteiger partial charge is 1.00 e. The second-order valence-corrected chi connectivity index (χ2v) is 26.3. The Morgan fingerprint density at radius 3 is 1.68 bits per heavy atom. The van der Waals surface area contributed by atoms with Gasteiger partial charge in [0.05, 0.1) is 0 Å². The number of likely N-dealkylation sites (tertiary alicyclic amines) is 1. The average Bonchev–Trinajstić information content (AvgIpc) is 1.80. The summed E-state index contributed by atoms with van der Waals surface area (Å²) in [5.74, 6) is -1.25. The third-order valence-electron chi connectivity index (χ3n) is 11.8. The van der Waals surface area contributed by atoms with Gasteiger partial charge in [-0.05, 0) is 247 Å². The number of carbonyl (C=O) groups is 5. The van der Waals surface area contributed by atoms with Crippen molar-refractivity contribution >= 4 is 131 Å². The number of alkyl halides is 3. The fourth-order valence-electron chi connectivity index (χ4n) is 7.80. The van der Waals surface area contributed by atoms with Crippen LogP contribution < -0.4 is 40.2 Å². The van der Waals surface area contributed by atoms with Crippen LogP contribution in [-0.2, 0) is 23.8 Å². The molecule has 0 aromatic heterocycles. The van der Waals surface area contributed by atoms with Crippen LogP contribution in [0.5, 0.6) is 0 Å². The van der Waals surface area contributed by atoms with E-state index < -0.39 is 41.7 Å². The molecule has 0 spiro atoms. The van der Waals surface area contributed by atoms with E-state index in [4.69, 9.17) is 25.5 Å². The summed E-state index contributed by atoms with van der Waals surface area (Å²) in [4.78, 5) is 61.0. The van der Waals surface area contributed by atoms with Gasteiger partial charge in [0, 0.05) is 111 Å². The number of alkyl carbamates (subject to hydrolysis) is 1. The van der Waals surface area contributed by atoms with Crippen LogP contribution in [0.4, 0.5) is 40.3 Å². The van der Waals surface area contributed by atoms with Gasteiger partial charge in [-0.3, -0.25) is 19.4 Å². The number of carbonyl (C=O) groups excluding carboxylic acids is 5. The minimum Gasteiger partial charge on any atom is -1.00 e. The molecule has 0 saturated carbocycles. The molecule has 5 unspecified atom stereocenters. The number of benzene rings is 4. The van der Waals surface area contributed by atoms with Gasteiger partial charge in [0.15, 0.2) is 5.78 Å². The number of amides is 3. The predicted octanol–water partition coefficient (Wildman–Crippen LogP) is 15.5. The molecule has 4 aromatic carbocycles. The molecule has 27 heteroatoms. The van der Waals surface area contributed by atoms with E-state index >= 15 is 0 Å². The van der Waals surface area contributed by atoms with Gasteiger partial charge in [0.2, 0.25) is 12.2 Å². The van der Waals surface area contributed by atoms with Crippen LogP contribution in [0.15, 0.2) is 95.7 Å². The van der Waals surface area contributed by atoms with E-state index in [2.05, 4.69) is 116 Å². The van der Waals surface area contributed by atoms with Crippen molar-refractivity contribution in [3.8, 4) is 0 Å². The number of ether oxygens (including phenoxy) is 3. The van der Waals surface area contributed by atoms with Crippen LogP contribution in [0.1, 0.15) is 178 Å². The van der Waals surface area contributed by atoms with E-state index in [1.165, 1.54) is 78.8 Å². The Labute approximate surface area is 601 Å². The first-order chi connectivity index (χ1) is 41.4. The fraction of sp³-hybridized carbons (Fsp3) is 0.524. The van der Waals surface area contributed by atoms with Crippen molar-refractivity contribution < 1.29 is 106 Å². The normalized spacial score (nSPS) is 17.4. The monoisotopic (exact) mass is 1650 g/mol. The molecule has 4 aromatic rings. The molecule has 3 saturated heterocycles. The number of nitrogens with zero attached hydrogens (tertiary/aromatic N) is 2. The number of imide groups is 1. The van der Waals surface area contributed by atoms with Gasteiger partial charge in [0.1, 0.15) is 34.5 Å². The summed E-state index contributed by atoms with van der Waals surface area (Å²) in [6, 6.07) is 19.3. The minimum absolute atomic E-state index is 0. The van der Waals surface area contributed by atoms with Crippen molar-refractivity contribution in [3.63, 3.8) is 0 Å². The number of hydrogen-bond donors (Lipinski definition) is 3. The first-order valence-electron chi connectivity index (χ1n) is 28.8. The number of aliphatic imine (C=N–C) groups is 1. The Balaban J connectivity index is -0.000000500. The summed E-state index contributed by atoms with van der Waals surface area (Å²) in [7, 11) is 1.00. The summed E-state index contributed by atoms with van der Waals surface area (Å²) in [5.41, 5.74) is 2.61. The topological polar surface area (TPSA) is 173 Å². The standard InChI is InChI=1S/C16H21BrFNO3.C11H13BrFN.C11H11BrFN.C10H17NO3.C6H3BrFI.C4H8O.C2HF3O.C2H6.CH4O.B.Na.H/c1-10(19-15(21)22-16(2,3)4)5-8-14(20)12-7-6-11(18)9-13(12)17;2*1-7-2-5-11(14-7)9-4-3-8(13)6-10(9)12;1-7-5-6-8(12)11(7)9(13)14-10(2,3)4;7-5-3-4(8)1-2-6(5)9;1-2-4-5-3-1;3-2(4,5)1-6;2*1-2;;;/h6-7,9-10H,5,8H2,1-4H3,(H,19,21);3-4,6-7,11,14H,2,5H2,1H3;3-4,6-7H,2,5H2,1H3;7H,5-6H2,1-4H3;1-3H;1-4H2;1H;1-2H3;2H,1H3;;;/q;;;;;;;;;;+1;-1/i;;;;;;;1D;;;;. The zero-order valence-electron chi connectivity index (χ0n) is 55.3. The summed E-state index contributed by atoms with van der Waals surface area (Å²) in [6.45, 7) is 22.9. The third kappa shape index (κ3) is 39.8. The van der Waals surface area contributed by atoms with E-state index in [0.717, 1.165) is 79.8 Å². The van der Waals surface area contributed by atoms with Crippen LogP contribution in [0.25, 0.3) is 0 Å². The maximum absolute atomic E-state index is 13.0. The van der Waals surface area contributed by atoms with E-state index in [1.807, 2.05) is 13.0 Å². The van der Waals surface area contributed by atoms with Crippen molar-refractivity contribution in [1.82, 2.24) is 15.5 Å². The van der Waals surface area contributed by atoms with Gasteiger partial charge in [-0.1, -0.05) is 51.7 Å². The number of rotatable bonds is 7. The Bertz CT molecular complexity index is 2860. The molecule has 4 aliphatic rings. The number of halogens is 12. The first-order valence-corrected chi connectivity index (χ1v) is 32.4. The van der Waals surface area contributed by atoms with Crippen LogP contribution in [0, 0.1) is 26.8 Å². The molecular weight excluding hydrogens is 1570 g/mol. The molecule has 3 N–H and O–H groups in total. The summed E-state index contributed by atoms with van der Waals surface area (Å²) in [5, 5.41) is 13.2. The molecule has 0 aliphatic carbocycles. The average molecular weight is 1660 g/mol. The van der Waals surface area contributed by atoms with E-state index in [0.29, 0.717) is 47.9 Å². The molecule has 0 bridgehead atoms. The molecule has 13 nitrogen and oxygen atoms in total. The fourth-order valence-corrected chi connectivity index (χ4v) is 10.3. The Morgan fingerprint density at radius 2 is 1.29 bits per heavy atom. The molecule has 90 heavy (non-hydrogen) atoms. The number of aliphatic hydroxyl groups excluding tert-OH is 1. The Hall–Kier alpha value is -2.80. The molecule has 499 valence electrons. The molecule has 3 radical (unpaired) electrons. The molecule has 8 rings (SSSR count). The largest absolute Gasteiger partial charge is 1.00 e. The summed E-state index contributed by atoms with van der Waals surface area (Å²) in [6.07, 6.45) is 2.14. The second-order valence-electron chi connectivity index (χ2n) is 21.8. The van der Waals surface area contributed by atoms with Crippen molar-refractivity contribution in [2.45, 2.75) is 195 Å². The molecule has 3 amide bonds. The quantitative estimate of drug-likeness (QED) is 0.0404. The number of ketones is 1. The van der Waals surface area contributed by atoms with Crippen molar-refractivity contribution in [2.24, 2.45) is 4.99 Å². The molecule has 5 atom stereocenters. The van der Waals surface area contributed by atoms with Gasteiger partial charge in [-0.25, -0.2) is 32.1 Å². The Morgan fingerprint density at radius 1 is 0.800 bits per heavy atom. The van der Waals surface area contributed by atoms with Crippen LogP contribution in [0.3, 0.4) is 0 Å². The molecule has 4 heterocycles. The van der Waals surface area contributed by atoms with Crippen molar-refractivity contribution in [2.75, 3.05) is 20.3 Å². The maximum Gasteiger partial charge on any atom is 1.00 e. The third-order valence-corrected chi connectivity index (χ3v) is 16.2. The van der Waals surface area contributed by atoms with Gasteiger partial charge < -0.3 is 31.4 Å². The Kier molecular flexibility index (Phi) is 46.8. The number of aldehydes is 1. The van der Waals surface area contributed by atoms with Crippen molar-refractivity contribution in [1.29, 1.82) is 0 Å². The number of hydrogen-bond acceptors (Lipinski definition) is 11. The maximum atomic E-state index is 13.0. The van der Waals surface area contributed by atoms with Crippen LogP contribution in [-0.4, -0.2) is 116 Å². The van der Waals surface area contributed by atoms with Crippen molar-refractivity contribution in [3.05, 3.63) is 134 Å². The molecular formula is C63H85BBr4F7IN4NaO9. The second kappa shape index (κ2) is 47.2. The van der Waals surface area contributed by atoms with Gasteiger partial charge in [-0.2, -0.15) is 13.2 Å². The van der Waals surface area contributed by atoms with E-state index in [9.17, 15) is 49.9 Å². The van der Waals surface area contributed by atoms with Crippen LogP contribution >= 0.6 is 86.3 Å². The van der Waals surface area contributed by atoms with Crippen LogP contribution in [0.2, 0.25) is 0 Å². The summed E-state index contributed by atoms with van der Waals surface area (Å²) >= 11 is 15.3. The number of nitrogens with one attached hydrogen (secondary N) is 2. The summed E-state index contributed by atoms with van der Waals surface area (Å²) < 4.78 is 108. The number of aliphatic hydroxyl groups is 1. The SMILES string of the molecule is C1CCOC1.CC(CCC(=O)c1ccc(F)cc1Br)NC(=O)OC(C)(C)C.CC1CCC(=O)N1C(=O)OC(C)(C)C.CC1CCC(c2ccc(F)cc2Br)=N1.CC1CCC(c2ccc(F)cc2Br)N1.CO.Fc1ccc(I)c(Br)c1.O=CC(F)(F)F.[2H]CC.[B].[H-].[Na+]. The number of Topliss-reactive ketones (excluding diaryl/α,β-unsaturated/α-hetero) is 1. The van der Waals surface area contributed by atoms with Gasteiger partial charge in [-0.15, -0.1) is 0 Å². The minimum atomic E-state index is -4.64. The van der Waals surface area contributed by atoms with Gasteiger partial charge >= 0.3 is 47.9 Å². The predicted molar refractivity (Wildman–Crippen MR) is 362 cm³/mol. The molecule has 3 fully saturated rings. The van der Waals surface area contributed by atoms with Gasteiger partial charge in [0.25, 0.3) is 0 Å². The zero-order chi connectivity index (χ0) is 68.4. The van der Waals surface area contributed by atoms with E-state index in [-0.39, 0.29) is 87.0 Å².